The van der Waals surface area contributed by atoms with Gasteiger partial charge in [0.25, 0.3) is 0 Å². The number of benzene rings is 2. The van der Waals surface area contributed by atoms with Gasteiger partial charge >= 0.3 is 5.97 Å². The van der Waals surface area contributed by atoms with Crippen LogP contribution in [0.4, 0.5) is 0 Å². The molecule has 108 valence electrons. The van der Waals surface area contributed by atoms with Gasteiger partial charge < -0.3 is 4.74 Å². The molecule has 21 heavy (non-hydrogen) atoms. The van der Waals surface area contributed by atoms with Gasteiger partial charge in [-0.3, -0.25) is 0 Å². The Labute approximate surface area is 126 Å². The molecule has 0 amide bonds. The first kappa shape index (κ1) is 15.0. The number of ether oxygens (including phenoxy) is 1. The highest BCUT2D eigenvalue weighted by atomic mass is 16.5. The summed E-state index contributed by atoms with van der Waals surface area (Å²) in [6, 6.07) is 16.2. The van der Waals surface area contributed by atoms with E-state index in [9.17, 15) is 4.79 Å². The van der Waals surface area contributed by atoms with Crippen LogP contribution in [-0.2, 0) is 9.53 Å². The second-order valence-electron chi connectivity index (χ2n) is 4.99. The van der Waals surface area contributed by atoms with Crippen LogP contribution in [0.25, 0.3) is 5.57 Å². The molecule has 0 N–H and O–H groups in total. The van der Waals surface area contributed by atoms with Gasteiger partial charge in [0, 0.05) is 6.08 Å². The highest BCUT2D eigenvalue weighted by Crippen LogP contribution is 2.27. The molecule has 0 saturated carbocycles. The second-order valence-corrected chi connectivity index (χ2v) is 4.99. The molecule has 2 nitrogen and oxygen atoms in total. The monoisotopic (exact) mass is 280 g/mol. The number of esters is 1. The normalized spacial score (nSPS) is 11.3. The molecule has 0 saturated heterocycles. The molecule has 0 atom stereocenters. The molecule has 0 aliphatic heterocycles. The lowest BCUT2D eigenvalue weighted by atomic mass is 9.93. The quantitative estimate of drug-likeness (QED) is 0.616. The summed E-state index contributed by atoms with van der Waals surface area (Å²) in [5, 5.41) is 0. The van der Waals surface area contributed by atoms with Crippen molar-refractivity contribution in [3.05, 3.63) is 76.9 Å². The molecule has 2 rings (SSSR count). The highest BCUT2D eigenvalue weighted by Gasteiger charge is 2.11. The van der Waals surface area contributed by atoms with Gasteiger partial charge in [0.15, 0.2) is 0 Å². The van der Waals surface area contributed by atoms with Crippen molar-refractivity contribution in [2.45, 2.75) is 20.8 Å². The third-order valence-corrected chi connectivity index (χ3v) is 3.32. The Morgan fingerprint density at radius 3 is 2.48 bits per heavy atom. The Hall–Kier alpha value is -2.35. The molecule has 0 unspecified atom stereocenters. The average molecular weight is 280 g/mol. The van der Waals surface area contributed by atoms with E-state index in [1.807, 2.05) is 37.3 Å². The van der Waals surface area contributed by atoms with Gasteiger partial charge in [0.1, 0.15) is 0 Å². The lowest BCUT2D eigenvalue weighted by Crippen LogP contribution is -2.02. The van der Waals surface area contributed by atoms with Crippen molar-refractivity contribution in [3.63, 3.8) is 0 Å². The number of hydrogen-bond acceptors (Lipinski definition) is 2. The summed E-state index contributed by atoms with van der Waals surface area (Å²) in [7, 11) is 0. The molecule has 0 radical (unpaired) electrons. The molecular formula is C19H20O2. The van der Waals surface area contributed by atoms with Crippen molar-refractivity contribution in [3.8, 4) is 0 Å². The minimum Gasteiger partial charge on any atom is -0.463 e. The Kier molecular flexibility index (Phi) is 4.94. The molecule has 0 aromatic heterocycles. The van der Waals surface area contributed by atoms with E-state index in [4.69, 9.17) is 4.74 Å². The maximum atomic E-state index is 11.9. The molecule has 2 heteroatoms. The Balaban J connectivity index is 2.56. The summed E-state index contributed by atoms with van der Waals surface area (Å²) in [5.74, 6) is -0.308. The fourth-order valence-corrected chi connectivity index (χ4v) is 2.26. The summed E-state index contributed by atoms with van der Waals surface area (Å²) in [5.41, 5.74) is 5.28. The predicted molar refractivity (Wildman–Crippen MR) is 86.1 cm³/mol. The minimum atomic E-state index is -0.308. The van der Waals surface area contributed by atoms with Crippen molar-refractivity contribution in [1.82, 2.24) is 0 Å². The SMILES string of the molecule is CCOC(=O)C=C(c1ccccc1)c1cc(C)ccc1C. The lowest BCUT2D eigenvalue weighted by Gasteiger charge is -2.12. The van der Waals surface area contributed by atoms with Gasteiger partial charge in [-0.2, -0.15) is 0 Å². The molecule has 0 aliphatic rings. The van der Waals surface area contributed by atoms with Gasteiger partial charge in [-0.15, -0.1) is 0 Å². The smallest absolute Gasteiger partial charge is 0.331 e. The van der Waals surface area contributed by atoms with Crippen molar-refractivity contribution >= 4 is 11.5 Å². The molecule has 0 bridgehead atoms. The number of rotatable bonds is 4. The van der Waals surface area contributed by atoms with Crippen LogP contribution in [0, 0.1) is 13.8 Å². The van der Waals surface area contributed by atoms with Crippen molar-refractivity contribution in [1.29, 1.82) is 0 Å². The molecule has 0 fully saturated rings. The van der Waals surface area contributed by atoms with Gasteiger partial charge in [-0.25, -0.2) is 4.79 Å². The first-order valence-corrected chi connectivity index (χ1v) is 7.13. The molecule has 2 aromatic rings. The van der Waals surface area contributed by atoms with E-state index in [0.717, 1.165) is 22.3 Å². The van der Waals surface area contributed by atoms with Crippen LogP contribution in [0.2, 0.25) is 0 Å². The zero-order valence-electron chi connectivity index (χ0n) is 12.7. The van der Waals surface area contributed by atoms with E-state index in [1.54, 1.807) is 6.08 Å². The third kappa shape index (κ3) is 3.82. The topological polar surface area (TPSA) is 26.3 Å². The van der Waals surface area contributed by atoms with Crippen molar-refractivity contribution in [2.75, 3.05) is 6.61 Å². The summed E-state index contributed by atoms with van der Waals surface area (Å²) < 4.78 is 5.07. The van der Waals surface area contributed by atoms with Crippen LogP contribution in [-0.4, -0.2) is 12.6 Å². The highest BCUT2D eigenvalue weighted by molar-refractivity contribution is 5.96. The van der Waals surface area contributed by atoms with E-state index in [-0.39, 0.29) is 5.97 Å². The van der Waals surface area contributed by atoms with Crippen LogP contribution in [0.3, 0.4) is 0 Å². The van der Waals surface area contributed by atoms with Crippen LogP contribution in [0.15, 0.2) is 54.6 Å². The largest absolute Gasteiger partial charge is 0.463 e. The van der Waals surface area contributed by atoms with Crippen LogP contribution < -0.4 is 0 Å². The average Bonchev–Trinajstić information content (AvgIpc) is 2.49. The number of aryl methyl sites for hydroxylation is 2. The zero-order valence-corrected chi connectivity index (χ0v) is 12.7. The van der Waals surface area contributed by atoms with E-state index < -0.39 is 0 Å². The third-order valence-electron chi connectivity index (χ3n) is 3.32. The fraction of sp³-hybridized carbons (Fsp3) is 0.211. The summed E-state index contributed by atoms with van der Waals surface area (Å²) >= 11 is 0. The van der Waals surface area contributed by atoms with Gasteiger partial charge in [-0.05, 0) is 43.0 Å². The number of hydrogen-bond donors (Lipinski definition) is 0. The van der Waals surface area contributed by atoms with Gasteiger partial charge in [0.05, 0.1) is 6.61 Å². The Bertz CT molecular complexity index is 655. The summed E-state index contributed by atoms with van der Waals surface area (Å²) in [4.78, 5) is 11.9. The van der Waals surface area contributed by atoms with Crippen molar-refractivity contribution in [2.24, 2.45) is 0 Å². The van der Waals surface area contributed by atoms with Crippen molar-refractivity contribution < 1.29 is 9.53 Å². The number of carbonyl (C=O) groups is 1. The van der Waals surface area contributed by atoms with Crippen LogP contribution >= 0.6 is 0 Å². The predicted octanol–water partition coefficient (Wildman–Crippen LogP) is 4.30. The Morgan fingerprint density at radius 2 is 1.81 bits per heavy atom. The second kappa shape index (κ2) is 6.89. The number of carbonyl (C=O) groups excluding carboxylic acids is 1. The standard InChI is InChI=1S/C19H20O2/c1-4-21-19(20)13-18(16-8-6-5-7-9-16)17-12-14(2)10-11-15(17)3/h5-13H,4H2,1-3H3. The maximum absolute atomic E-state index is 11.9. The van der Waals surface area contributed by atoms with Gasteiger partial charge in [0.2, 0.25) is 0 Å². The lowest BCUT2D eigenvalue weighted by molar-refractivity contribution is -0.137. The maximum Gasteiger partial charge on any atom is 0.331 e. The molecule has 0 aliphatic carbocycles. The van der Waals surface area contributed by atoms with Gasteiger partial charge in [-0.1, -0.05) is 54.1 Å². The van der Waals surface area contributed by atoms with E-state index in [0.29, 0.717) is 6.61 Å². The minimum absolute atomic E-state index is 0.308. The molecule has 0 heterocycles. The van der Waals surface area contributed by atoms with E-state index in [2.05, 4.69) is 32.0 Å². The first-order chi connectivity index (χ1) is 10.1. The molecule has 0 spiro atoms. The zero-order chi connectivity index (χ0) is 15.2. The summed E-state index contributed by atoms with van der Waals surface area (Å²) in [6.45, 7) is 6.29. The van der Waals surface area contributed by atoms with Crippen LogP contribution in [0.1, 0.15) is 29.2 Å². The first-order valence-electron chi connectivity index (χ1n) is 7.13. The van der Waals surface area contributed by atoms with E-state index in [1.165, 1.54) is 5.56 Å². The molecular weight excluding hydrogens is 260 g/mol. The Morgan fingerprint density at radius 1 is 1.10 bits per heavy atom. The molecule has 2 aromatic carbocycles. The van der Waals surface area contributed by atoms with E-state index >= 15 is 0 Å². The van der Waals surface area contributed by atoms with Crippen LogP contribution in [0.5, 0.6) is 0 Å². The summed E-state index contributed by atoms with van der Waals surface area (Å²) in [6.07, 6.45) is 1.58. The fourth-order valence-electron chi connectivity index (χ4n) is 2.26.